The second-order valence-corrected chi connectivity index (χ2v) is 5.69. The molecule has 19 heavy (non-hydrogen) atoms. The Hall–Kier alpha value is -0.660. The van der Waals surface area contributed by atoms with E-state index in [0.717, 1.165) is 0 Å². The number of hydrogen-bond donors (Lipinski definition) is 0. The Morgan fingerprint density at radius 3 is 2.68 bits per heavy atom. The summed E-state index contributed by atoms with van der Waals surface area (Å²) in [5.41, 5.74) is 0. The van der Waals surface area contributed by atoms with Crippen LogP contribution in [0, 0.1) is 0 Å². The minimum Gasteiger partial charge on any atom is -0.457 e. The van der Waals surface area contributed by atoms with E-state index in [0.29, 0.717) is 6.42 Å². The van der Waals surface area contributed by atoms with E-state index in [1.54, 1.807) is 0 Å². The Balaban J connectivity index is 1.97. The first-order valence-corrected chi connectivity index (χ1v) is 7.26. The predicted octanol–water partition coefficient (Wildman–Crippen LogP) is 1.15. The molecule has 0 aliphatic carbocycles. The first-order valence-electron chi connectivity index (χ1n) is 6.14. The van der Waals surface area contributed by atoms with Crippen LogP contribution in [-0.4, -0.2) is 47.5 Å². The van der Waals surface area contributed by atoms with Crippen molar-refractivity contribution in [1.82, 2.24) is 0 Å². The third-order valence-electron chi connectivity index (χ3n) is 3.08. The minimum atomic E-state index is -0.852. The summed E-state index contributed by atoms with van der Waals surface area (Å²) in [6.45, 7) is 5.48. The first kappa shape index (κ1) is 14.7. The van der Waals surface area contributed by atoms with Crippen molar-refractivity contribution in [1.29, 1.82) is 0 Å². The number of cyclic esters (lactones) is 1. The van der Waals surface area contributed by atoms with Crippen molar-refractivity contribution in [2.24, 2.45) is 0 Å². The molecule has 2 rings (SSSR count). The smallest absolute Gasteiger partial charge is 0.347 e. The molecule has 0 aromatic rings. The minimum absolute atomic E-state index is 0.0495. The van der Waals surface area contributed by atoms with Crippen LogP contribution in [0.15, 0.2) is 0 Å². The Labute approximate surface area is 119 Å². The van der Waals surface area contributed by atoms with E-state index in [1.165, 1.54) is 0 Å². The second kappa shape index (κ2) is 5.38. The molecular formula is C12H17BrO6. The van der Waals surface area contributed by atoms with Crippen LogP contribution in [0.25, 0.3) is 0 Å². The van der Waals surface area contributed by atoms with Crippen molar-refractivity contribution < 1.29 is 28.5 Å². The summed E-state index contributed by atoms with van der Waals surface area (Å²) in [5, 5.41) is 0.0495. The van der Waals surface area contributed by atoms with Gasteiger partial charge in [-0.25, -0.2) is 4.79 Å². The Kier molecular flexibility index (Phi) is 4.17. The lowest BCUT2D eigenvalue weighted by atomic mass is 10.1. The summed E-state index contributed by atoms with van der Waals surface area (Å²) in [5.74, 6) is -1.71. The maximum atomic E-state index is 11.6. The molecule has 0 N–H and O–H groups in total. The molecular weight excluding hydrogens is 320 g/mol. The van der Waals surface area contributed by atoms with Crippen LogP contribution in [0.1, 0.15) is 27.2 Å². The Morgan fingerprint density at radius 1 is 1.47 bits per heavy atom. The number of rotatable bonds is 3. The van der Waals surface area contributed by atoms with Gasteiger partial charge in [0.15, 0.2) is 5.79 Å². The maximum Gasteiger partial charge on any atom is 0.347 e. The van der Waals surface area contributed by atoms with Gasteiger partial charge in [-0.05, 0) is 20.8 Å². The zero-order chi connectivity index (χ0) is 14.2. The predicted molar refractivity (Wildman–Crippen MR) is 67.7 cm³/mol. The van der Waals surface area contributed by atoms with Crippen LogP contribution in [0.3, 0.4) is 0 Å². The van der Waals surface area contributed by atoms with Gasteiger partial charge in [0.2, 0.25) is 6.10 Å². The molecule has 108 valence electrons. The molecule has 2 saturated heterocycles. The number of halogens is 1. The third kappa shape index (κ3) is 3.27. The highest BCUT2D eigenvalue weighted by molar-refractivity contribution is 9.09. The average Bonchev–Trinajstić information content (AvgIpc) is 2.79. The van der Waals surface area contributed by atoms with Crippen LogP contribution in [0.5, 0.6) is 0 Å². The summed E-state index contributed by atoms with van der Waals surface area (Å²) in [4.78, 5) is 22.8. The zero-order valence-corrected chi connectivity index (χ0v) is 12.6. The molecule has 7 heteroatoms. The van der Waals surface area contributed by atoms with Crippen molar-refractivity contribution in [3.05, 3.63) is 0 Å². The van der Waals surface area contributed by atoms with Crippen LogP contribution in [0.2, 0.25) is 0 Å². The van der Waals surface area contributed by atoms with Crippen molar-refractivity contribution >= 4 is 27.9 Å². The SMILES string of the molecule is C[C@H]1OC(C)(C)O[C@H]1C1C[C@H](OC(=O)CBr)C(=O)O1. The third-order valence-corrected chi connectivity index (χ3v) is 3.54. The standard InChI is InChI=1S/C12H17BrO6/c1-6-10(19-12(2,3)18-6)7-4-8(11(15)17-7)16-9(14)5-13/h6-8,10H,4-5H2,1-3H3/t6-,7?,8+,10-/m1/s1. The first-order chi connectivity index (χ1) is 8.82. The number of alkyl halides is 1. The fourth-order valence-corrected chi connectivity index (χ4v) is 2.54. The molecule has 2 fully saturated rings. The fraction of sp³-hybridized carbons (Fsp3) is 0.833. The zero-order valence-electron chi connectivity index (χ0n) is 11.1. The van der Waals surface area contributed by atoms with Crippen molar-refractivity contribution in [2.75, 3.05) is 5.33 Å². The topological polar surface area (TPSA) is 71.1 Å². The molecule has 2 aliphatic rings. The fourth-order valence-electron chi connectivity index (χ4n) is 2.41. The van der Waals surface area contributed by atoms with Gasteiger partial charge in [-0.1, -0.05) is 15.9 Å². The summed E-state index contributed by atoms with van der Waals surface area (Å²) < 4.78 is 21.6. The van der Waals surface area contributed by atoms with Gasteiger partial charge in [0.1, 0.15) is 17.5 Å². The largest absolute Gasteiger partial charge is 0.457 e. The molecule has 1 unspecified atom stereocenters. The highest BCUT2D eigenvalue weighted by Crippen LogP contribution is 2.34. The van der Waals surface area contributed by atoms with Gasteiger partial charge in [-0.3, -0.25) is 4.79 Å². The van der Waals surface area contributed by atoms with Crippen molar-refractivity contribution in [2.45, 2.75) is 57.4 Å². The number of carbonyl (C=O) groups is 2. The highest BCUT2D eigenvalue weighted by Gasteiger charge is 2.49. The average molecular weight is 337 g/mol. The molecule has 0 saturated carbocycles. The van der Waals surface area contributed by atoms with E-state index >= 15 is 0 Å². The summed E-state index contributed by atoms with van der Waals surface area (Å²) in [6, 6.07) is 0. The quantitative estimate of drug-likeness (QED) is 0.568. The molecule has 6 nitrogen and oxygen atoms in total. The molecule has 0 spiro atoms. The second-order valence-electron chi connectivity index (χ2n) is 5.13. The van der Waals surface area contributed by atoms with E-state index in [9.17, 15) is 9.59 Å². The lowest BCUT2D eigenvalue weighted by molar-refractivity contribution is -0.166. The molecule has 0 radical (unpaired) electrons. The molecule has 4 atom stereocenters. The normalized spacial score (nSPS) is 37.2. The van der Waals surface area contributed by atoms with Gasteiger partial charge in [-0.15, -0.1) is 0 Å². The van der Waals surface area contributed by atoms with Crippen molar-refractivity contribution in [3.8, 4) is 0 Å². The van der Waals surface area contributed by atoms with Gasteiger partial charge in [0, 0.05) is 6.42 Å². The number of hydrogen-bond acceptors (Lipinski definition) is 6. The Bertz CT molecular complexity index is 382. The van der Waals surface area contributed by atoms with Crippen LogP contribution < -0.4 is 0 Å². The number of ether oxygens (including phenoxy) is 4. The van der Waals surface area contributed by atoms with Crippen LogP contribution >= 0.6 is 15.9 Å². The monoisotopic (exact) mass is 336 g/mol. The highest BCUT2D eigenvalue weighted by atomic mass is 79.9. The van der Waals surface area contributed by atoms with E-state index in [1.807, 2.05) is 20.8 Å². The van der Waals surface area contributed by atoms with Gasteiger partial charge >= 0.3 is 11.9 Å². The lowest BCUT2D eigenvalue weighted by Crippen LogP contribution is -2.34. The Morgan fingerprint density at radius 2 is 2.16 bits per heavy atom. The van der Waals surface area contributed by atoms with E-state index in [4.69, 9.17) is 18.9 Å². The van der Waals surface area contributed by atoms with Crippen LogP contribution in [0.4, 0.5) is 0 Å². The van der Waals surface area contributed by atoms with E-state index < -0.39 is 29.9 Å². The molecule has 0 amide bonds. The van der Waals surface area contributed by atoms with Gasteiger partial charge in [0.05, 0.1) is 6.10 Å². The summed E-state index contributed by atoms with van der Waals surface area (Å²) in [7, 11) is 0. The molecule has 2 heterocycles. The molecule has 0 aromatic carbocycles. The number of esters is 2. The van der Waals surface area contributed by atoms with E-state index in [2.05, 4.69) is 15.9 Å². The summed E-state index contributed by atoms with van der Waals surface area (Å²) >= 11 is 2.98. The van der Waals surface area contributed by atoms with Gasteiger partial charge in [-0.2, -0.15) is 0 Å². The van der Waals surface area contributed by atoms with Crippen LogP contribution in [-0.2, 0) is 28.5 Å². The van der Waals surface area contributed by atoms with E-state index in [-0.39, 0.29) is 17.5 Å². The molecule has 0 bridgehead atoms. The number of carbonyl (C=O) groups excluding carboxylic acids is 2. The maximum absolute atomic E-state index is 11.6. The molecule has 2 aliphatic heterocycles. The lowest BCUT2D eigenvalue weighted by Gasteiger charge is -2.20. The summed E-state index contributed by atoms with van der Waals surface area (Å²) in [6.07, 6.45) is -1.52. The molecule has 0 aromatic heterocycles. The van der Waals surface area contributed by atoms with Gasteiger partial charge < -0.3 is 18.9 Å². The van der Waals surface area contributed by atoms with Gasteiger partial charge in [0.25, 0.3) is 0 Å². The van der Waals surface area contributed by atoms with Crippen molar-refractivity contribution in [3.63, 3.8) is 0 Å².